The largest absolute Gasteiger partial charge is 0.465 e. The van der Waals surface area contributed by atoms with Crippen molar-refractivity contribution < 1.29 is 19.1 Å². The van der Waals surface area contributed by atoms with Crippen molar-refractivity contribution in [1.29, 1.82) is 0 Å². The minimum absolute atomic E-state index is 0.0485. The number of ether oxygens (including phenoxy) is 1. The molecule has 0 N–H and O–H groups in total. The number of rotatable bonds is 5. The van der Waals surface area contributed by atoms with Crippen molar-refractivity contribution in [2.24, 2.45) is 50.2 Å². The number of hydrogen-bond acceptors (Lipinski definition) is 4. The Morgan fingerprint density at radius 1 is 0.975 bits per heavy atom. The molecule has 0 spiro atoms. The summed E-state index contributed by atoms with van der Waals surface area (Å²) in [5.74, 6) is 0.879. The molecule has 0 heterocycles. The highest BCUT2D eigenvalue weighted by atomic mass is 16.5. The van der Waals surface area contributed by atoms with Crippen molar-refractivity contribution in [3.63, 3.8) is 0 Å². The molecular weight excluding hydrogens is 496 g/mol. The zero-order valence-corrected chi connectivity index (χ0v) is 26.8. The number of Topliss-reactive ketones (excluding diaryl/α,β-unsaturated/α-hetero) is 1. The summed E-state index contributed by atoms with van der Waals surface area (Å²) in [7, 11) is 0. The summed E-state index contributed by atoms with van der Waals surface area (Å²) in [6.07, 6.45) is 13.9. The van der Waals surface area contributed by atoms with E-state index in [1.54, 1.807) is 6.92 Å². The van der Waals surface area contributed by atoms with E-state index in [0.29, 0.717) is 18.3 Å². The normalized spacial score (nSPS) is 45.6. The van der Waals surface area contributed by atoms with Crippen LogP contribution in [0.25, 0.3) is 0 Å². The van der Waals surface area contributed by atoms with Gasteiger partial charge < -0.3 is 4.74 Å². The predicted octanol–water partition coefficient (Wildman–Crippen LogP) is 8.44. The van der Waals surface area contributed by atoms with Crippen molar-refractivity contribution in [3.8, 4) is 0 Å². The standard InChI is InChI=1S/C36H54O4/c1-10-11-20-40-30(39)33(6)17-16-32(5)18-19-35(8)25(26(32)22-33)21-27(38)29-34(7)14-12-24(23(2)37)31(3,4)28(34)13-15-36(29,35)9/h12,21,26,28-29H,10-11,13-20,22H2,1-9H3/t26-,28-,29+,32+,33-,34-,35+,36+/m0/s1. The number of allylic oxidation sites excluding steroid dienone is 4. The first kappa shape index (κ1) is 29.8. The molecule has 3 saturated carbocycles. The molecule has 0 unspecified atom stereocenters. The Labute approximate surface area is 243 Å². The molecule has 0 aromatic rings. The molecule has 3 fully saturated rings. The van der Waals surface area contributed by atoms with Gasteiger partial charge in [-0.2, -0.15) is 0 Å². The maximum Gasteiger partial charge on any atom is 0.311 e. The van der Waals surface area contributed by atoms with Crippen molar-refractivity contribution in [2.75, 3.05) is 6.61 Å². The van der Waals surface area contributed by atoms with Gasteiger partial charge in [0.2, 0.25) is 0 Å². The topological polar surface area (TPSA) is 60.4 Å². The molecule has 0 aliphatic heterocycles. The van der Waals surface area contributed by atoms with Crippen LogP contribution in [0.3, 0.4) is 0 Å². The molecule has 222 valence electrons. The Bertz CT molecular complexity index is 1180. The van der Waals surface area contributed by atoms with Crippen LogP contribution in [0, 0.1) is 50.2 Å². The summed E-state index contributed by atoms with van der Waals surface area (Å²) in [6.45, 7) is 20.5. The van der Waals surface area contributed by atoms with E-state index in [4.69, 9.17) is 4.74 Å². The Hall–Kier alpha value is -1.71. The second kappa shape index (κ2) is 9.40. The highest BCUT2D eigenvalue weighted by Gasteiger charge is 2.69. The summed E-state index contributed by atoms with van der Waals surface area (Å²) in [6, 6.07) is 0. The van der Waals surface area contributed by atoms with Crippen LogP contribution in [0.4, 0.5) is 0 Å². The molecule has 5 aliphatic rings. The van der Waals surface area contributed by atoms with Crippen LogP contribution in [0.2, 0.25) is 0 Å². The lowest BCUT2D eigenvalue weighted by atomic mass is 9.33. The van der Waals surface area contributed by atoms with E-state index < -0.39 is 5.41 Å². The Morgan fingerprint density at radius 3 is 2.30 bits per heavy atom. The van der Waals surface area contributed by atoms with Gasteiger partial charge in [0.15, 0.2) is 11.6 Å². The fourth-order valence-electron chi connectivity index (χ4n) is 11.1. The van der Waals surface area contributed by atoms with Gasteiger partial charge in [-0.05, 0) is 122 Å². The van der Waals surface area contributed by atoms with Crippen LogP contribution in [0.15, 0.2) is 23.3 Å². The average molecular weight is 551 g/mol. The van der Waals surface area contributed by atoms with Crippen LogP contribution in [0.1, 0.15) is 127 Å². The number of esters is 1. The highest BCUT2D eigenvalue weighted by molar-refractivity contribution is 5.97. The van der Waals surface area contributed by atoms with Crippen molar-refractivity contribution in [2.45, 2.75) is 127 Å². The monoisotopic (exact) mass is 550 g/mol. The fraction of sp³-hybridized carbons (Fsp3) is 0.806. The zero-order valence-electron chi connectivity index (χ0n) is 26.8. The van der Waals surface area contributed by atoms with Crippen molar-refractivity contribution in [3.05, 3.63) is 23.3 Å². The van der Waals surface area contributed by atoms with E-state index in [1.165, 1.54) is 5.57 Å². The maximum absolute atomic E-state index is 14.5. The number of fused-ring (bicyclic) bond motifs is 7. The molecule has 0 aromatic carbocycles. The average Bonchev–Trinajstić information content (AvgIpc) is 2.85. The molecule has 8 atom stereocenters. The Balaban J connectivity index is 1.55. The molecule has 0 saturated heterocycles. The van der Waals surface area contributed by atoms with E-state index in [2.05, 4.69) is 67.5 Å². The predicted molar refractivity (Wildman–Crippen MR) is 159 cm³/mol. The van der Waals surface area contributed by atoms with Gasteiger partial charge in [-0.1, -0.05) is 66.5 Å². The second-order valence-electron chi connectivity index (χ2n) is 16.3. The quantitative estimate of drug-likeness (QED) is 0.255. The van der Waals surface area contributed by atoms with Crippen LogP contribution in [-0.2, 0) is 19.1 Å². The van der Waals surface area contributed by atoms with Gasteiger partial charge in [0.05, 0.1) is 12.0 Å². The number of carbonyl (C=O) groups excluding carboxylic acids is 3. The molecule has 0 radical (unpaired) electrons. The summed E-state index contributed by atoms with van der Waals surface area (Å²) < 4.78 is 5.79. The number of hydrogen-bond donors (Lipinski definition) is 0. The molecule has 0 amide bonds. The van der Waals surface area contributed by atoms with Crippen LogP contribution < -0.4 is 0 Å². The molecule has 0 bridgehead atoms. The molecule has 5 rings (SSSR count). The molecular formula is C36H54O4. The van der Waals surface area contributed by atoms with Gasteiger partial charge in [0.1, 0.15) is 0 Å². The van der Waals surface area contributed by atoms with E-state index >= 15 is 0 Å². The summed E-state index contributed by atoms with van der Waals surface area (Å²) >= 11 is 0. The maximum atomic E-state index is 14.5. The lowest BCUT2D eigenvalue weighted by Gasteiger charge is -2.69. The number of unbranched alkanes of at least 4 members (excludes halogenated alkanes) is 1. The number of carbonyl (C=O) groups is 3. The van der Waals surface area contributed by atoms with Crippen LogP contribution >= 0.6 is 0 Å². The van der Waals surface area contributed by atoms with E-state index in [9.17, 15) is 14.4 Å². The second-order valence-corrected chi connectivity index (χ2v) is 16.3. The van der Waals surface area contributed by atoms with Gasteiger partial charge in [-0.3, -0.25) is 14.4 Å². The SMILES string of the molecule is CCCCOC(=O)[C@@]1(C)CC[C@]2(C)CC[C@]3(C)C(=CC(=O)[C@@H]4[C@@]5(C)CC=C(C(C)=O)C(C)(C)[C@@H]5CC[C@]43C)[C@@H]2C1. The van der Waals surface area contributed by atoms with Gasteiger partial charge >= 0.3 is 5.97 Å². The zero-order chi connectivity index (χ0) is 29.5. The number of ketones is 2. The minimum Gasteiger partial charge on any atom is -0.465 e. The fourth-order valence-corrected chi connectivity index (χ4v) is 11.1. The lowest BCUT2D eigenvalue weighted by molar-refractivity contribution is -0.176. The van der Waals surface area contributed by atoms with Gasteiger partial charge in [0, 0.05) is 5.92 Å². The lowest BCUT2D eigenvalue weighted by Crippen LogP contribution is -2.65. The van der Waals surface area contributed by atoms with Gasteiger partial charge in [-0.15, -0.1) is 0 Å². The first-order chi connectivity index (χ1) is 18.5. The van der Waals surface area contributed by atoms with Crippen molar-refractivity contribution in [1.82, 2.24) is 0 Å². The summed E-state index contributed by atoms with van der Waals surface area (Å²) in [5, 5.41) is 0. The Kier molecular flexibility index (Phi) is 6.99. The third kappa shape index (κ3) is 3.93. The highest BCUT2D eigenvalue weighted by Crippen LogP contribution is 2.75. The van der Waals surface area contributed by atoms with Crippen LogP contribution in [0.5, 0.6) is 0 Å². The third-order valence-electron chi connectivity index (χ3n) is 13.8. The molecule has 4 nitrogen and oxygen atoms in total. The smallest absolute Gasteiger partial charge is 0.311 e. The Morgan fingerprint density at radius 2 is 1.65 bits per heavy atom. The molecule has 5 aliphatic carbocycles. The van der Waals surface area contributed by atoms with Gasteiger partial charge in [0.25, 0.3) is 0 Å². The minimum atomic E-state index is -0.497. The van der Waals surface area contributed by atoms with E-state index in [0.717, 1.165) is 69.8 Å². The van der Waals surface area contributed by atoms with Gasteiger partial charge in [-0.25, -0.2) is 0 Å². The van der Waals surface area contributed by atoms with Crippen molar-refractivity contribution >= 4 is 17.5 Å². The first-order valence-electron chi connectivity index (χ1n) is 16.1. The van der Waals surface area contributed by atoms with Crippen LogP contribution in [-0.4, -0.2) is 24.1 Å². The molecule has 4 heteroatoms. The van der Waals surface area contributed by atoms with E-state index in [1.807, 2.05) is 0 Å². The summed E-state index contributed by atoms with van der Waals surface area (Å²) in [5.41, 5.74) is 1.26. The molecule has 0 aromatic heterocycles. The molecule has 40 heavy (non-hydrogen) atoms. The van der Waals surface area contributed by atoms with E-state index in [-0.39, 0.29) is 50.7 Å². The first-order valence-corrected chi connectivity index (χ1v) is 16.1. The third-order valence-corrected chi connectivity index (χ3v) is 13.8. The summed E-state index contributed by atoms with van der Waals surface area (Å²) in [4.78, 5) is 40.5.